The van der Waals surface area contributed by atoms with Crippen LogP contribution in [0.5, 0.6) is 5.75 Å². The number of ether oxygens (including phenoxy) is 1. The number of nitrogens with zero attached hydrogens (tertiary/aromatic N) is 3. The first-order valence-electron chi connectivity index (χ1n) is 9.38. The van der Waals surface area contributed by atoms with Gasteiger partial charge in [0.1, 0.15) is 17.6 Å². The Balaban J connectivity index is 1.54. The molecular weight excluding hydrogens is 448 g/mol. The molecule has 1 N–H and O–H groups in total. The topological polar surface area (TPSA) is 83.7 Å². The van der Waals surface area contributed by atoms with E-state index < -0.39 is 0 Å². The highest BCUT2D eigenvalue weighted by Gasteiger charge is 2.36. The number of fused-ring (bicyclic) bond motifs is 1. The van der Waals surface area contributed by atoms with E-state index in [4.69, 9.17) is 14.1 Å². The predicted octanol–water partition coefficient (Wildman–Crippen LogP) is 4.92. The number of nitrogens with one attached hydrogen (secondary N) is 1. The van der Waals surface area contributed by atoms with Crippen molar-refractivity contribution in [2.24, 2.45) is 5.10 Å². The van der Waals surface area contributed by atoms with Crippen molar-refractivity contribution in [2.45, 2.75) is 12.5 Å². The lowest BCUT2D eigenvalue weighted by Gasteiger charge is -2.18. The van der Waals surface area contributed by atoms with Gasteiger partial charge in [-0.2, -0.15) is 5.10 Å². The maximum Gasteiger partial charge on any atom is 0.310 e. The molecule has 8 heteroatoms. The van der Waals surface area contributed by atoms with E-state index in [2.05, 4.69) is 26.0 Å². The standard InChI is InChI=1S/C22H17BrN4O3/c1-29-14-8-6-13(7-9-14)17-12-18(21-24-15-4-2-3-5-16(15)25-21)27(26-17)22(28)19-10-11-20(23)30-19/h2-11,18H,12H2,1H3,(H,24,25)/t18-/m0/s1. The van der Waals surface area contributed by atoms with Crippen LogP contribution in [0.15, 0.2) is 74.9 Å². The van der Waals surface area contributed by atoms with Crippen LogP contribution in [0.4, 0.5) is 0 Å². The molecule has 150 valence electrons. The summed E-state index contributed by atoms with van der Waals surface area (Å²) in [6.45, 7) is 0. The molecule has 0 saturated heterocycles. The molecule has 7 nitrogen and oxygen atoms in total. The van der Waals surface area contributed by atoms with Gasteiger partial charge in [-0.1, -0.05) is 12.1 Å². The Labute approximate surface area is 180 Å². The highest BCUT2D eigenvalue weighted by atomic mass is 79.9. The predicted molar refractivity (Wildman–Crippen MR) is 116 cm³/mol. The fourth-order valence-electron chi connectivity index (χ4n) is 3.54. The number of para-hydroxylation sites is 2. The number of rotatable bonds is 4. The second kappa shape index (κ2) is 7.46. The summed E-state index contributed by atoms with van der Waals surface area (Å²) in [4.78, 5) is 21.2. The monoisotopic (exact) mass is 464 g/mol. The molecule has 3 heterocycles. The molecule has 1 aliphatic heterocycles. The summed E-state index contributed by atoms with van der Waals surface area (Å²) in [5.74, 6) is 1.33. The quantitative estimate of drug-likeness (QED) is 0.464. The molecule has 0 saturated carbocycles. The van der Waals surface area contributed by atoms with Gasteiger partial charge in [0.15, 0.2) is 10.4 Å². The molecule has 2 aromatic heterocycles. The van der Waals surface area contributed by atoms with Crippen LogP contribution >= 0.6 is 15.9 Å². The Morgan fingerprint density at radius 2 is 1.97 bits per heavy atom. The van der Waals surface area contributed by atoms with Crippen LogP contribution in [0.25, 0.3) is 11.0 Å². The van der Waals surface area contributed by atoms with Gasteiger partial charge in [0.2, 0.25) is 0 Å². The summed E-state index contributed by atoms with van der Waals surface area (Å²) in [5, 5.41) is 6.10. The van der Waals surface area contributed by atoms with Crippen molar-refractivity contribution in [3.05, 3.63) is 82.5 Å². The minimum absolute atomic E-state index is 0.211. The average Bonchev–Trinajstić information content (AvgIpc) is 3.50. The van der Waals surface area contributed by atoms with Crippen molar-refractivity contribution in [2.75, 3.05) is 7.11 Å². The third kappa shape index (κ3) is 3.29. The molecule has 1 atom stereocenters. The number of amides is 1. The molecule has 0 aliphatic carbocycles. The summed E-state index contributed by atoms with van der Waals surface area (Å²) in [6.07, 6.45) is 0.528. The molecule has 0 radical (unpaired) electrons. The molecule has 0 unspecified atom stereocenters. The molecule has 1 amide bonds. The van der Waals surface area contributed by atoms with Crippen molar-refractivity contribution < 1.29 is 13.9 Å². The lowest BCUT2D eigenvalue weighted by Crippen LogP contribution is -2.27. The zero-order valence-corrected chi connectivity index (χ0v) is 17.6. The van der Waals surface area contributed by atoms with Crippen molar-refractivity contribution in [1.29, 1.82) is 0 Å². The van der Waals surface area contributed by atoms with E-state index in [1.807, 2.05) is 48.5 Å². The number of imidazole rings is 1. The Hall–Kier alpha value is -3.39. The Bertz CT molecular complexity index is 1230. The lowest BCUT2D eigenvalue weighted by molar-refractivity contribution is 0.0671. The number of aromatic amines is 1. The highest BCUT2D eigenvalue weighted by molar-refractivity contribution is 9.10. The molecule has 30 heavy (non-hydrogen) atoms. The number of furan rings is 1. The summed E-state index contributed by atoms with van der Waals surface area (Å²) in [5.41, 5.74) is 3.48. The average molecular weight is 465 g/mol. The van der Waals surface area contributed by atoms with Gasteiger partial charge in [-0.25, -0.2) is 9.99 Å². The van der Waals surface area contributed by atoms with E-state index >= 15 is 0 Å². The van der Waals surface area contributed by atoms with Crippen LogP contribution < -0.4 is 4.74 Å². The summed E-state index contributed by atoms with van der Waals surface area (Å²) >= 11 is 3.25. The molecule has 0 bridgehead atoms. The van der Waals surface area contributed by atoms with Gasteiger partial charge in [-0.05, 0) is 70.0 Å². The van der Waals surface area contributed by atoms with E-state index in [0.717, 1.165) is 28.1 Å². The van der Waals surface area contributed by atoms with Crippen LogP contribution in [0.3, 0.4) is 0 Å². The van der Waals surface area contributed by atoms with Crippen LogP contribution in [0, 0.1) is 0 Å². The van der Waals surface area contributed by atoms with Crippen molar-refractivity contribution >= 4 is 38.6 Å². The number of aromatic nitrogens is 2. The zero-order chi connectivity index (χ0) is 20.7. The number of H-pyrrole nitrogens is 1. The first-order chi connectivity index (χ1) is 14.6. The maximum atomic E-state index is 13.2. The number of benzene rings is 2. The van der Waals surface area contributed by atoms with Crippen LogP contribution in [0.2, 0.25) is 0 Å². The summed E-state index contributed by atoms with van der Waals surface area (Å²) < 4.78 is 11.2. The van der Waals surface area contributed by atoms with Crippen molar-refractivity contribution in [1.82, 2.24) is 15.0 Å². The molecule has 5 rings (SSSR count). The Morgan fingerprint density at radius 3 is 2.67 bits per heavy atom. The van der Waals surface area contributed by atoms with Gasteiger partial charge in [-0.3, -0.25) is 4.79 Å². The van der Waals surface area contributed by atoms with Gasteiger partial charge in [0.25, 0.3) is 0 Å². The van der Waals surface area contributed by atoms with Crippen LogP contribution in [0.1, 0.15) is 34.4 Å². The third-order valence-corrected chi connectivity index (χ3v) is 5.48. The van der Waals surface area contributed by atoms with Crippen LogP contribution in [-0.2, 0) is 0 Å². The Morgan fingerprint density at radius 1 is 1.17 bits per heavy atom. The third-order valence-electron chi connectivity index (χ3n) is 5.05. The molecule has 0 fully saturated rings. The zero-order valence-electron chi connectivity index (χ0n) is 16.0. The summed E-state index contributed by atoms with van der Waals surface area (Å²) in [7, 11) is 1.63. The van der Waals surface area contributed by atoms with Crippen molar-refractivity contribution in [3.63, 3.8) is 0 Å². The first kappa shape index (κ1) is 18.6. The molecule has 4 aromatic rings. The van der Waals surface area contributed by atoms with Gasteiger partial charge in [0.05, 0.1) is 23.9 Å². The fraction of sp³-hybridized carbons (Fsp3) is 0.136. The first-order valence-corrected chi connectivity index (χ1v) is 10.2. The number of halogens is 1. The van der Waals surface area contributed by atoms with E-state index in [-0.39, 0.29) is 17.7 Å². The van der Waals surface area contributed by atoms with E-state index in [1.54, 1.807) is 19.2 Å². The number of carbonyl (C=O) groups is 1. The largest absolute Gasteiger partial charge is 0.497 e. The number of carbonyl (C=O) groups excluding carboxylic acids is 1. The van der Waals surface area contributed by atoms with Gasteiger partial charge in [0, 0.05) is 6.42 Å². The van der Waals surface area contributed by atoms with E-state index in [1.165, 1.54) is 5.01 Å². The minimum atomic E-state index is -0.370. The normalized spacial score (nSPS) is 16.1. The van der Waals surface area contributed by atoms with E-state index in [9.17, 15) is 4.79 Å². The minimum Gasteiger partial charge on any atom is -0.497 e. The van der Waals surface area contributed by atoms with Gasteiger partial charge >= 0.3 is 5.91 Å². The fourth-order valence-corrected chi connectivity index (χ4v) is 3.85. The smallest absolute Gasteiger partial charge is 0.310 e. The van der Waals surface area contributed by atoms with Crippen LogP contribution in [-0.4, -0.2) is 33.7 Å². The molecule has 1 aliphatic rings. The number of hydrogen-bond acceptors (Lipinski definition) is 5. The number of hydrazone groups is 1. The second-order valence-electron chi connectivity index (χ2n) is 6.89. The van der Waals surface area contributed by atoms with Gasteiger partial charge in [-0.15, -0.1) is 0 Å². The lowest BCUT2D eigenvalue weighted by atomic mass is 10.0. The maximum absolute atomic E-state index is 13.2. The van der Waals surface area contributed by atoms with Gasteiger partial charge < -0.3 is 14.1 Å². The molecule has 2 aromatic carbocycles. The summed E-state index contributed by atoms with van der Waals surface area (Å²) in [6, 6.07) is 18.3. The molecule has 0 spiro atoms. The van der Waals surface area contributed by atoms with E-state index in [0.29, 0.717) is 16.9 Å². The second-order valence-corrected chi connectivity index (χ2v) is 7.67. The highest BCUT2D eigenvalue weighted by Crippen LogP contribution is 2.34. The van der Waals surface area contributed by atoms with Crippen molar-refractivity contribution in [3.8, 4) is 5.75 Å². The SMILES string of the molecule is COc1ccc(C2=NN(C(=O)c3ccc(Br)o3)[C@H](c3nc4ccccc4[nH]3)C2)cc1. The Kier molecular flexibility index (Phi) is 4.63. The molecular formula is C22H17BrN4O3. The number of methoxy groups -OCH3 is 1. The number of hydrogen-bond donors (Lipinski definition) is 1.